The summed E-state index contributed by atoms with van der Waals surface area (Å²) in [5.41, 5.74) is -0.0475. The topological polar surface area (TPSA) is 43.4 Å². The zero-order valence-corrected chi connectivity index (χ0v) is 27.0. The molecule has 1 unspecified atom stereocenters. The third-order valence-corrected chi connectivity index (χ3v) is 12.7. The molecule has 0 N–H and O–H groups in total. The van der Waals surface area contributed by atoms with Crippen molar-refractivity contribution < 1.29 is 14.3 Å². The molecule has 0 bridgehead atoms. The van der Waals surface area contributed by atoms with Gasteiger partial charge in [-0.25, -0.2) is 4.79 Å². The van der Waals surface area contributed by atoms with Gasteiger partial charge in [-0.1, -0.05) is 133 Å². The zero-order chi connectivity index (χ0) is 31.0. The second-order valence-electron chi connectivity index (χ2n) is 10.9. The van der Waals surface area contributed by atoms with Crippen molar-refractivity contribution >= 4 is 47.3 Å². The predicted molar refractivity (Wildman–Crippen MR) is 193 cm³/mol. The molecule has 3 nitrogen and oxygen atoms in total. The van der Waals surface area contributed by atoms with Crippen LogP contribution >= 0.6 is 19.7 Å². The molecule has 6 aromatic carbocycles. The van der Waals surface area contributed by atoms with E-state index >= 15 is 0 Å². The molecule has 6 aromatic rings. The lowest BCUT2D eigenvalue weighted by Crippen LogP contribution is -2.44. The van der Waals surface area contributed by atoms with Crippen molar-refractivity contribution in [2.75, 3.05) is 6.16 Å². The Hall–Kier alpha value is -4.82. The van der Waals surface area contributed by atoms with E-state index in [2.05, 4.69) is 72.8 Å². The molecule has 6 rings (SSSR count). The fourth-order valence-electron chi connectivity index (χ4n) is 6.07. The molecule has 0 fully saturated rings. The summed E-state index contributed by atoms with van der Waals surface area (Å²) in [5.74, 6) is -0.780. The standard InChI is InChI=1S/C41H34O3P.ClH/c42-39(33-19-7-1-8-20-33)41(35-23-11-3-12-24-35,44-40(43)34-21-9-2-10-22-34)31-32-45(36-25-13-4-14-26-36,37-27-15-5-16-28-37)38-29-17-6-18-30-38;/h1-30H,31-32H2;1H/q+1;. The molecule has 0 saturated heterocycles. The summed E-state index contributed by atoms with van der Waals surface area (Å²) < 4.78 is 6.56. The van der Waals surface area contributed by atoms with Crippen LogP contribution in [0.3, 0.4) is 0 Å². The zero-order valence-electron chi connectivity index (χ0n) is 25.3. The highest BCUT2D eigenvalue weighted by molar-refractivity contribution is 7.95. The molecule has 0 heterocycles. The van der Waals surface area contributed by atoms with Gasteiger partial charge in [0.05, 0.1) is 11.7 Å². The van der Waals surface area contributed by atoms with Crippen molar-refractivity contribution in [1.29, 1.82) is 0 Å². The first-order chi connectivity index (χ1) is 22.1. The summed E-state index contributed by atoms with van der Waals surface area (Å²) in [7, 11) is -2.36. The molecule has 228 valence electrons. The van der Waals surface area contributed by atoms with Gasteiger partial charge in [0, 0.05) is 17.5 Å². The number of rotatable bonds is 11. The molecule has 0 aliphatic heterocycles. The van der Waals surface area contributed by atoms with Gasteiger partial charge in [-0.05, 0) is 48.5 Å². The SMILES string of the molecule is Cl.O=C(OC(CC[P+](c1ccccc1)(c1ccccc1)c1ccccc1)(C(=O)c1ccccc1)c1ccccc1)c1ccccc1. The number of Topliss-reactive ketones (excluding diaryl/α,β-unsaturated/α-hetero) is 1. The maximum absolute atomic E-state index is 14.9. The Balaban J connectivity index is 0.00000417. The summed E-state index contributed by atoms with van der Waals surface area (Å²) in [6.45, 7) is 0. The molecule has 0 spiro atoms. The van der Waals surface area contributed by atoms with E-state index in [-0.39, 0.29) is 24.6 Å². The lowest BCUT2D eigenvalue weighted by Gasteiger charge is -2.35. The van der Waals surface area contributed by atoms with Gasteiger partial charge >= 0.3 is 5.97 Å². The predicted octanol–water partition coefficient (Wildman–Crippen LogP) is 8.43. The van der Waals surface area contributed by atoms with Gasteiger partial charge in [0.2, 0.25) is 11.4 Å². The summed E-state index contributed by atoms with van der Waals surface area (Å²) in [6.07, 6.45) is 0.857. The number of hydrogen-bond donors (Lipinski definition) is 0. The molecular formula is C41H35ClO3P+. The smallest absolute Gasteiger partial charge is 0.339 e. The third kappa shape index (κ3) is 6.58. The van der Waals surface area contributed by atoms with E-state index in [1.54, 1.807) is 36.4 Å². The van der Waals surface area contributed by atoms with Gasteiger partial charge in [-0.2, -0.15) is 0 Å². The van der Waals surface area contributed by atoms with Gasteiger partial charge in [0.25, 0.3) is 0 Å². The van der Waals surface area contributed by atoms with E-state index in [1.165, 1.54) is 15.9 Å². The molecule has 1 atom stereocenters. The Morgan fingerprint density at radius 2 is 0.826 bits per heavy atom. The van der Waals surface area contributed by atoms with Gasteiger partial charge in [-0.3, -0.25) is 4.79 Å². The first-order valence-corrected chi connectivity index (χ1v) is 17.1. The van der Waals surface area contributed by atoms with Crippen molar-refractivity contribution in [3.8, 4) is 0 Å². The first-order valence-electron chi connectivity index (χ1n) is 15.1. The summed E-state index contributed by atoms with van der Waals surface area (Å²) >= 11 is 0. The van der Waals surface area contributed by atoms with Gasteiger partial charge < -0.3 is 4.74 Å². The monoisotopic (exact) mass is 641 g/mol. The highest BCUT2D eigenvalue weighted by Crippen LogP contribution is 2.57. The minimum Gasteiger partial charge on any atom is -0.442 e. The van der Waals surface area contributed by atoms with E-state index in [0.29, 0.717) is 22.9 Å². The highest BCUT2D eigenvalue weighted by atomic mass is 35.5. The lowest BCUT2D eigenvalue weighted by molar-refractivity contribution is -0.0132. The van der Waals surface area contributed by atoms with Crippen LogP contribution in [0.25, 0.3) is 0 Å². The maximum atomic E-state index is 14.9. The maximum Gasteiger partial charge on any atom is 0.339 e. The number of esters is 1. The molecule has 0 aliphatic carbocycles. The van der Waals surface area contributed by atoms with E-state index in [1.807, 2.05) is 72.8 Å². The number of ether oxygens (including phenoxy) is 1. The van der Waals surface area contributed by atoms with Crippen LogP contribution in [0, 0.1) is 0 Å². The van der Waals surface area contributed by atoms with Gasteiger partial charge in [0.15, 0.2) is 0 Å². The molecule has 46 heavy (non-hydrogen) atoms. The fourth-order valence-corrected chi connectivity index (χ4v) is 10.4. The summed E-state index contributed by atoms with van der Waals surface area (Å²) in [6, 6.07) is 59.2. The summed E-state index contributed by atoms with van der Waals surface area (Å²) in [4.78, 5) is 28.8. The largest absolute Gasteiger partial charge is 0.442 e. The van der Waals surface area contributed by atoms with Crippen LogP contribution in [0.15, 0.2) is 182 Å². The van der Waals surface area contributed by atoms with Crippen molar-refractivity contribution in [1.82, 2.24) is 0 Å². The quantitative estimate of drug-likeness (QED) is 0.0810. The number of halogens is 1. The van der Waals surface area contributed by atoms with Crippen LogP contribution in [0.1, 0.15) is 32.7 Å². The Bertz CT molecular complexity index is 1740. The van der Waals surface area contributed by atoms with E-state index in [4.69, 9.17) is 4.74 Å². The minimum atomic E-state index is -2.36. The molecule has 0 aliphatic rings. The average Bonchev–Trinajstić information content (AvgIpc) is 3.13. The second-order valence-corrected chi connectivity index (χ2v) is 14.5. The summed E-state index contributed by atoms with van der Waals surface area (Å²) in [5, 5.41) is 3.60. The van der Waals surface area contributed by atoms with Gasteiger partial charge in [0.1, 0.15) is 23.2 Å². The second kappa shape index (κ2) is 15.0. The molecule has 0 saturated carbocycles. The van der Waals surface area contributed by atoms with Crippen LogP contribution in [-0.2, 0) is 10.3 Å². The Morgan fingerprint density at radius 3 is 1.24 bits per heavy atom. The fraction of sp³-hybridized carbons (Fsp3) is 0.0732. The number of ketones is 1. The number of carbonyl (C=O) groups excluding carboxylic acids is 2. The van der Waals surface area contributed by atoms with Crippen LogP contribution < -0.4 is 15.9 Å². The molecule has 0 aromatic heterocycles. The molecular weight excluding hydrogens is 607 g/mol. The first kappa shape index (κ1) is 32.6. The normalized spacial score (nSPS) is 12.3. The molecule has 5 heteroatoms. The number of carbonyl (C=O) groups is 2. The van der Waals surface area contributed by atoms with Crippen LogP contribution in [0.5, 0.6) is 0 Å². The number of hydrogen-bond acceptors (Lipinski definition) is 3. The van der Waals surface area contributed by atoms with Crippen LogP contribution in [0.2, 0.25) is 0 Å². The number of benzene rings is 6. The van der Waals surface area contributed by atoms with Crippen LogP contribution in [0.4, 0.5) is 0 Å². The van der Waals surface area contributed by atoms with E-state index in [0.717, 1.165) is 0 Å². The van der Waals surface area contributed by atoms with Crippen LogP contribution in [-0.4, -0.2) is 17.9 Å². The van der Waals surface area contributed by atoms with Crippen molar-refractivity contribution in [3.05, 3.63) is 199 Å². The molecule has 0 radical (unpaired) electrons. The highest BCUT2D eigenvalue weighted by Gasteiger charge is 2.52. The third-order valence-electron chi connectivity index (χ3n) is 8.31. The minimum absolute atomic E-state index is 0. The lowest BCUT2D eigenvalue weighted by atomic mass is 9.83. The van der Waals surface area contributed by atoms with E-state index < -0.39 is 18.8 Å². The Morgan fingerprint density at radius 1 is 0.478 bits per heavy atom. The van der Waals surface area contributed by atoms with Crippen molar-refractivity contribution in [3.63, 3.8) is 0 Å². The van der Waals surface area contributed by atoms with Gasteiger partial charge in [-0.15, -0.1) is 12.4 Å². The van der Waals surface area contributed by atoms with Crippen molar-refractivity contribution in [2.45, 2.75) is 12.0 Å². The average molecular weight is 642 g/mol. The molecule has 0 amide bonds. The Labute approximate surface area is 277 Å². The van der Waals surface area contributed by atoms with Crippen molar-refractivity contribution in [2.24, 2.45) is 0 Å². The Kier molecular flexibility index (Phi) is 10.6. The van der Waals surface area contributed by atoms with E-state index in [9.17, 15) is 9.59 Å².